The third-order valence-corrected chi connectivity index (χ3v) is 1.99. The van der Waals surface area contributed by atoms with Crippen LogP contribution in [0.3, 0.4) is 0 Å². The quantitative estimate of drug-likeness (QED) is 0.609. The largest absolute Gasteiger partial charge is 0.480 e. The summed E-state index contributed by atoms with van der Waals surface area (Å²) in [6, 6.07) is 0. The minimum Gasteiger partial charge on any atom is -0.480 e. The molecule has 0 aromatic heterocycles. The maximum atomic E-state index is 10.6. The topological polar surface area (TPSA) is 70.0 Å². The molecule has 2 N–H and O–H groups in total. The van der Waals surface area contributed by atoms with Crippen LogP contribution < -0.4 is 0 Å². The summed E-state index contributed by atoms with van der Waals surface area (Å²) in [7, 11) is 0. The van der Waals surface area contributed by atoms with Gasteiger partial charge in [0.1, 0.15) is 0 Å². The zero-order valence-corrected chi connectivity index (χ0v) is 10.3. The fourth-order valence-electron chi connectivity index (χ4n) is 1.40. The zero-order valence-electron chi connectivity index (χ0n) is 10.3. The summed E-state index contributed by atoms with van der Waals surface area (Å²) in [6.07, 6.45) is 0.312. The molecule has 0 radical (unpaired) electrons. The lowest BCUT2D eigenvalue weighted by Crippen LogP contribution is -2.39. The van der Waals surface area contributed by atoms with E-state index >= 15 is 0 Å². The molecule has 0 fully saturated rings. The van der Waals surface area contributed by atoms with Gasteiger partial charge in [0.25, 0.3) is 0 Å². The van der Waals surface area contributed by atoms with Gasteiger partial charge in [-0.05, 0) is 26.8 Å². The first-order chi connectivity index (χ1) is 7.45. The van der Waals surface area contributed by atoms with Crippen LogP contribution in [-0.4, -0.2) is 59.5 Å². The molecule has 0 aromatic rings. The Morgan fingerprint density at radius 3 is 2.50 bits per heavy atom. The van der Waals surface area contributed by atoms with Gasteiger partial charge in [0.2, 0.25) is 0 Å². The highest BCUT2D eigenvalue weighted by molar-refractivity contribution is 5.69. The van der Waals surface area contributed by atoms with Gasteiger partial charge in [0.15, 0.2) is 0 Å². The van der Waals surface area contributed by atoms with Gasteiger partial charge in [0.05, 0.1) is 25.4 Å². The molecule has 0 heterocycles. The fourth-order valence-corrected chi connectivity index (χ4v) is 1.40. The van der Waals surface area contributed by atoms with Crippen LogP contribution in [0.5, 0.6) is 0 Å². The van der Waals surface area contributed by atoms with E-state index < -0.39 is 12.1 Å². The highest BCUT2D eigenvalue weighted by Gasteiger charge is 2.14. The summed E-state index contributed by atoms with van der Waals surface area (Å²) in [5.41, 5.74) is 0. The molecule has 5 heteroatoms. The second-order valence-corrected chi connectivity index (χ2v) is 4.16. The van der Waals surface area contributed by atoms with Crippen LogP contribution in [0.15, 0.2) is 0 Å². The molecule has 96 valence electrons. The molecule has 16 heavy (non-hydrogen) atoms. The second-order valence-electron chi connectivity index (χ2n) is 4.16. The van der Waals surface area contributed by atoms with Crippen molar-refractivity contribution in [2.24, 2.45) is 0 Å². The minimum atomic E-state index is -0.870. The number of rotatable bonds is 9. The molecule has 5 nitrogen and oxygen atoms in total. The second kappa shape index (κ2) is 8.50. The summed E-state index contributed by atoms with van der Waals surface area (Å²) in [5.74, 6) is -0.870. The highest BCUT2D eigenvalue weighted by Crippen LogP contribution is 1.98. The standard InChI is InChI=1S/C11H23NO4/c1-4-5-12(7-11(14)15)6-10(13)8-16-9(2)3/h9-10,13H,4-8H2,1-3H3,(H,14,15). The Morgan fingerprint density at radius 1 is 1.44 bits per heavy atom. The molecule has 0 rings (SSSR count). The smallest absolute Gasteiger partial charge is 0.317 e. The van der Waals surface area contributed by atoms with Crippen LogP contribution >= 0.6 is 0 Å². The predicted octanol–water partition coefficient (Wildman–Crippen LogP) is 0.569. The van der Waals surface area contributed by atoms with Crippen molar-refractivity contribution in [3.05, 3.63) is 0 Å². The molecule has 0 aromatic carbocycles. The first-order valence-electron chi connectivity index (χ1n) is 5.69. The maximum absolute atomic E-state index is 10.6. The van der Waals surface area contributed by atoms with Crippen LogP contribution in [0, 0.1) is 0 Å². The first-order valence-corrected chi connectivity index (χ1v) is 5.69. The molecule has 0 saturated carbocycles. The Morgan fingerprint density at radius 2 is 2.06 bits per heavy atom. The summed E-state index contributed by atoms with van der Waals surface area (Å²) in [4.78, 5) is 12.3. The lowest BCUT2D eigenvalue weighted by molar-refractivity contribution is -0.138. The van der Waals surface area contributed by atoms with Crippen molar-refractivity contribution in [2.75, 3.05) is 26.2 Å². The summed E-state index contributed by atoms with van der Waals surface area (Å²) >= 11 is 0. The van der Waals surface area contributed by atoms with Gasteiger partial charge in [-0.3, -0.25) is 9.69 Å². The Bertz CT molecular complexity index is 196. The third kappa shape index (κ3) is 8.64. The number of nitrogens with zero attached hydrogens (tertiary/aromatic N) is 1. The van der Waals surface area contributed by atoms with E-state index in [0.717, 1.165) is 6.42 Å². The van der Waals surface area contributed by atoms with Crippen molar-refractivity contribution in [3.8, 4) is 0 Å². The van der Waals surface area contributed by atoms with E-state index in [9.17, 15) is 9.90 Å². The van der Waals surface area contributed by atoms with Crippen LogP contribution in [0.25, 0.3) is 0 Å². The minimum absolute atomic E-state index is 0.0351. The number of aliphatic hydroxyl groups excluding tert-OH is 1. The van der Waals surface area contributed by atoms with E-state index in [4.69, 9.17) is 9.84 Å². The van der Waals surface area contributed by atoms with Crippen molar-refractivity contribution in [2.45, 2.75) is 39.4 Å². The van der Waals surface area contributed by atoms with E-state index in [-0.39, 0.29) is 19.3 Å². The number of hydrogen-bond acceptors (Lipinski definition) is 4. The molecule has 0 aliphatic rings. The fraction of sp³-hybridized carbons (Fsp3) is 0.909. The Balaban J connectivity index is 3.91. The molecule has 0 spiro atoms. The van der Waals surface area contributed by atoms with E-state index in [0.29, 0.717) is 13.1 Å². The van der Waals surface area contributed by atoms with Crippen molar-refractivity contribution in [3.63, 3.8) is 0 Å². The Kier molecular flexibility index (Phi) is 8.15. The number of hydrogen-bond donors (Lipinski definition) is 2. The van der Waals surface area contributed by atoms with Gasteiger partial charge in [-0.25, -0.2) is 0 Å². The van der Waals surface area contributed by atoms with Gasteiger partial charge in [0, 0.05) is 6.54 Å². The summed E-state index contributed by atoms with van der Waals surface area (Å²) < 4.78 is 5.26. The van der Waals surface area contributed by atoms with Crippen LogP contribution in [-0.2, 0) is 9.53 Å². The van der Waals surface area contributed by atoms with Crippen LogP contribution in [0.1, 0.15) is 27.2 Å². The van der Waals surface area contributed by atoms with Gasteiger partial charge in [-0.1, -0.05) is 6.92 Å². The van der Waals surface area contributed by atoms with Crippen molar-refractivity contribution in [1.82, 2.24) is 4.90 Å². The summed E-state index contributed by atoms with van der Waals surface area (Å²) in [6.45, 7) is 7.00. The van der Waals surface area contributed by atoms with Crippen molar-refractivity contribution < 1.29 is 19.7 Å². The molecule has 0 bridgehead atoms. The third-order valence-electron chi connectivity index (χ3n) is 1.99. The number of carboxylic acid groups (broad SMARTS) is 1. The average Bonchev–Trinajstić information content (AvgIpc) is 2.14. The molecule has 0 saturated heterocycles. The van der Waals surface area contributed by atoms with Gasteiger partial charge in [-0.2, -0.15) is 0 Å². The zero-order chi connectivity index (χ0) is 12.6. The average molecular weight is 233 g/mol. The number of aliphatic carboxylic acids is 1. The predicted molar refractivity (Wildman–Crippen MR) is 61.5 cm³/mol. The number of carbonyl (C=O) groups is 1. The monoisotopic (exact) mass is 233 g/mol. The van der Waals surface area contributed by atoms with Crippen molar-refractivity contribution in [1.29, 1.82) is 0 Å². The lowest BCUT2D eigenvalue weighted by atomic mass is 10.3. The van der Waals surface area contributed by atoms with Gasteiger partial charge in [-0.15, -0.1) is 0 Å². The number of carboxylic acids is 1. The molecule has 1 atom stereocenters. The molecule has 1 unspecified atom stereocenters. The SMILES string of the molecule is CCCN(CC(=O)O)CC(O)COC(C)C. The van der Waals surface area contributed by atoms with E-state index in [1.807, 2.05) is 20.8 Å². The van der Waals surface area contributed by atoms with Crippen LogP contribution in [0.4, 0.5) is 0 Å². The lowest BCUT2D eigenvalue weighted by Gasteiger charge is -2.23. The first kappa shape index (κ1) is 15.3. The van der Waals surface area contributed by atoms with Crippen molar-refractivity contribution >= 4 is 5.97 Å². The number of aliphatic hydroxyl groups is 1. The maximum Gasteiger partial charge on any atom is 0.317 e. The summed E-state index contributed by atoms with van der Waals surface area (Å²) in [5, 5.41) is 18.3. The van der Waals surface area contributed by atoms with Crippen LogP contribution in [0.2, 0.25) is 0 Å². The Hall–Kier alpha value is -0.650. The van der Waals surface area contributed by atoms with E-state index in [1.165, 1.54) is 0 Å². The van der Waals surface area contributed by atoms with Gasteiger partial charge >= 0.3 is 5.97 Å². The molecular weight excluding hydrogens is 210 g/mol. The molecule has 0 aliphatic carbocycles. The molecule has 0 amide bonds. The van der Waals surface area contributed by atoms with Gasteiger partial charge < -0.3 is 14.9 Å². The molecule has 0 aliphatic heterocycles. The van der Waals surface area contributed by atoms with E-state index in [2.05, 4.69) is 0 Å². The number of ether oxygens (including phenoxy) is 1. The highest BCUT2D eigenvalue weighted by atomic mass is 16.5. The molecular formula is C11H23NO4. The van der Waals surface area contributed by atoms with E-state index in [1.54, 1.807) is 4.90 Å². The Labute approximate surface area is 97.0 Å². The normalized spacial score (nSPS) is 13.4.